The number of hydrogen-bond acceptors (Lipinski definition) is 3. The summed E-state index contributed by atoms with van der Waals surface area (Å²) in [6, 6.07) is 5.55. The molecule has 0 aliphatic rings. The number of carbonyl (C=O) groups is 3. The zero-order valence-corrected chi connectivity index (χ0v) is 19.3. The van der Waals surface area contributed by atoms with Crippen molar-refractivity contribution >= 4 is 17.8 Å². The fraction of sp³-hybridized carbons (Fsp3) is 0.654. The van der Waals surface area contributed by atoms with Crippen LogP contribution in [0.3, 0.4) is 0 Å². The van der Waals surface area contributed by atoms with Gasteiger partial charge < -0.3 is 5.11 Å². The Balaban J connectivity index is 1.94. The molecule has 0 aliphatic carbocycles. The summed E-state index contributed by atoms with van der Waals surface area (Å²) in [7, 11) is 0. The molecule has 0 saturated heterocycles. The van der Waals surface area contributed by atoms with Crippen molar-refractivity contribution in [2.24, 2.45) is 0 Å². The summed E-state index contributed by atoms with van der Waals surface area (Å²) in [4.78, 5) is 34.8. The second-order valence-electron chi connectivity index (χ2n) is 8.46. The molecule has 2 N–H and O–H groups in total. The Bertz CT molecular complexity index is 639. The molecule has 0 unspecified atom stereocenters. The van der Waals surface area contributed by atoms with E-state index >= 15 is 0 Å². The Morgan fingerprint density at radius 1 is 0.645 bits per heavy atom. The summed E-state index contributed by atoms with van der Waals surface area (Å²) in [5.41, 5.74) is 0.399. The Labute approximate surface area is 188 Å². The minimum Gasteiger partial charge on any atom is -0.478 e. The van der Waals surface area contributed by atoms with E-state index in [4.69, 9.17) is 5.11 Å². The van der Waals surface area contributed by atoms with Crippen molar-refractivity contribution in [1.82, 2.24) is 5.32 Å². The lowest BCUT2D eigenvalue weighted by Gasteiger charge is -2.05. The first kappa shape index (κ1) is 26.9. The van der Waals surface area contributed by atoms with Gasteiger partial charge in [-0.1, -0.05) is 96.8 Å². The fourth-order valence-corrected chi connectivity index (χ4v) is 3.68. The maximum Gasteiger partial charge on any atom is 0.335 e. The molecule has 5 heteroatoms. The zero-order chi connectivity index (χ0) is 22.7. The van der Waals surface area contributed by atoms with Crippen LogP contribution in [0.5, 0.6) is 0 Å². The molecule has 0 bridgehead atoms. The summed E-state index contributed by atoms with van der Waals surface area (Å²) in [6.07, 6.45) is 19.4. The molecule has 0 atom stereocenters. The van der Waals surface area contributed by atoms with E-state index in [0.717, 1.165) is 19.3 Å². The number of amides is 2. The molecule has 174 valence electrons. The number of nitrogens with one attached hydrogen (secondary N) is 1. The normalized spacial score (nSPS) is 10.7. The molecule has 0 aliphatic heterocycles. The van der Waals surface area contributed by atoms with E-state index in [9.17, 15) is 14.4 Å². The first-order chi connectivity index (χ1) is 15.0. The van der Waals surface area contributed by atoms with Crippen LogP contribution in [-0.4, -0.2) is 22.9 Å². The average molecular weight is 432 g/mol. The number of benzene rings is 1. The first-order valence-corrected chi connectivity index (χ1v) is 12.2. The van der Waals surface area contributed by atoms with Gasteiger partial charge in [0.15, 0.2) is 0 Å². The molecule has 0 saturated carbocycles. The number of hydrogen-bond donors (Lipinski definition) is 2. The quantitative estimate of drug-likeness (QED) is 0.248. The van der Waals surface area contributed by atoms with Gasteiger partial charge in [0, 0.05) is 12.0 Å². The van der Waals surface area contributed by atoms with Gasteiger partial charge in [-0.3, -0.25) is 14.9 Å². The van der Waals surface area contributed by atoms with Gasteiger partial charge in [-0.05, 0) is 30.7 Å². The van der Waals surface area contributed by atoms with Crippen LogP contribution in [0.25, 0.3) is 0 Å². The van der Waals surface area contributed by atoms with E-state index in [2.05, 4.69) is 12.2 Å². The van der Waals surface area contributed by atoms with Crippen LogP contribution in [0.15, 0.2) is 24.3 Å². The predicted octanol–water partition coefficient (Wildman–Crippen LogP) is 6.90. The lowest BCUT2D eigenvalue weighted by molar-refractivity contribution is -0.120. The van der Waals surface area contributed by atoms with E-state index in [0.29, 0.717) is 6.42 Å². The van der Waals surface area contributed by atoms with E-state index in [1.165, 1.54) is 101 Å². The number of imide groups is 1. The van der Waals surface area contributed by atoms with Crippen molar-refractivity contribution in [3.63, 3.8) is 0 Å². The van der Waals surface area contributed by atoms with E-state index in [1.807, 2.05) is 0 Å². The summed E-state index contributed by atoms with van der Waals surface area (Å²) in [6.45, 7) is 2.26. The van der Waals surface area contributed by atoms with Crippen LogP contribution in [0.4, 0.5) is 0 Å². The second kappa shape index (κ2) is 17.5. The molecular formula is C26H41NO4. The predicted molar refractivity (Wildman–Crippen MR) is 125 cm³/mol. The van der Waals surface area contributed by atoms with Crippen molar-refractivity contribution in [1.29, 1.82) is 0 Å². The Morgan fingerprint density at radius 2 is 1.03 bits per heavy atom. The summed E-state index contributed by atoms with van der Waals surface area (Å²) < 4.78 is 0. The summed E-state index contributed by atoms with van der Waals surface area (Å²) >= 11 is 0. The molecule has 1 aromatic rings. The molecular weight excluding hydrogens is 390 g/mol. The van der Waals surface area contributed by atoms with Gasteiger partial charge in [0.25, 0.3) is 5.91 Å². The number of aromatic carboxylic acids is 1. The molecule has 0 spiro atoms. The first-order valence-electron chi connectivity index (χ1n) is 12.2. The number of carbonyl (C=O) groups excluding carboxylic acids is 2. The van der Waals surface area contributed by atoms with Crippen molar-refractivity contribution in [2.75, 3.05) is 0 Å². The molecule has 31 heavy (non-hydrogen) atoms. The van der Waals surface area contributed by atoms with Crippen molar-refractivity contribution in [3.8, 4) is 0 Å². The monoisotopic (exact) mass is 431 g/mol. The van der Waals surface area contributed by atoms with Crippen molar-refractivity contribution in [2.45, 2.75) is 110 Å². The highest BCUT2D eigenvalue weighted by Gasteiger charge is 2.11. The average Bonchev–Trinajstić information content (AvgIpc) is 2.76. The molecule has 0 fully saturated rings. The van der Waals surface area contributed by atoms with E-state index in [-0.39, 0.29) is 17.0 Å². The van der Waals surface area contributed by atoms with Gasteiger partial charge in [0.1, 0.15) is 0 Å². The lowest BCUT2D eigenvalue weighted by Crippen LogP contribution is -2.30. The standard InChI is InChI=1S/C26H41NO4/c1-2-3-4-5-6-7-8-9-10-11-12-13-14-15-16-17-24(28)27-25(29)22-18-20-23(21-19-22)26(30)31/h18-21H,2-17H2,1H3,(H,30,31)(H,27,28,29). The van der Waals surface area contributed by atoms with Crippen LogP contribution in [-0.2, 0) is 4.79 Å². The molecule has 1 rings (SSSR count). The zero-order valence-electron chi connectivity index (χ0n) is 19.3. The van der Waals surface area contributed by atoms with Gasteiger partial charge in [-0.25, -0.2) is 4.79 Å². The highest BCUT2D eigenvalue weighted by Crippen LogP contribution is 2.13. The van der Waals surface area contributed by atoms with Crippen LogP contribution >= 0.6 is 0 Å². The number of carboxylic acid groups (broad SMARTS) is 1. The molecule has 2 amide bonds. The summed E-state index contributed by atoms with van der Waals surface area (Å²) in [5, 5.41) is 11.2. The fourth-order valence-electron chi connectivity index (χ4n) is 3.68. The molecule has 5 nitrogen and oxygen atoms in total. The molecule has 0 heterocycles. The Hall–Kier alpha value is -2.17. The molecule has 1 aromatic carbocycles. The Kier molecular flexibility index (Phi) is 15.2. The van der Waals surface area contributed by atoms with E-state index in [1.54, 1.807) is 0 Å². The topological polar surface area (TPSA) is 83.5 Å². The minimum atomic E-state index is -1.05. The Morgan fingerprint density at radius 3 is 1.45 bits per heavy atom. The van der Waals surface area contributed by atoms with Gasteiger partial charge in [0.05, 0.1) is 5.56 Å². The van der Waals surface area contributed by atoms with Gasteiger partial charge in [0.2, 0.25) is 5.91 Å². The minimum absolute atomic E-state index is 0.112. The largest absolute Gasteiger partial charge is 0.478 e. The third-order valence-electron chi connectivity index (χ3n) is 5.65. The van der Waals surface area contributed by atoms with Crippen LogP contribution in [0.2, 0.25) is 0 Å². The number of unbranched alkanes of at least 4 members (excludes halogenated alkanes) is 14. The second-order valence-corrected chi connectivity index (χ2v) is 8.46. The highest BCUT2D eigenvalue weighted by atomic mass is 16.4. The third-order valence-corrected chi connectivity index (χ3v) is 5.65. The van der Waals surface area contributed by atoms with Crippen molar-refractivity contribution in [3.05, 3.63) is 35.4 Å². The van der Waals surface area contributed by atoms with Crippen LogP contribution < -0.4 is 5.32 Å². The van der Waals surface area contributed by atoms with Gasteiger partial charge in [-0.15, -0.1) is 0 Å². The van der Waals surface area contributed by atoms with E-state index < -0.39 is 11.9 Å². The SMILES string of the molecule is CCCCCCCCCCCCCCCCCC(=O)NC(=O)c1ccc(C(=O)O)cc1. The maximum atomic E-state index is 12.0. The molecule has 0 aromatic heterocycles. The number of rotatable bonds is 18. The highest BCUT2D eigenvalue weighted by molar-refractivity contribution is 6.05. The van der Waals surface area contributed by atoms with Crippen LogP contribution in [0, 0.1) is 0 Å². The number of carboxylic acids is 1. The summed E-state index contributed by atoms with van der Waals surface area (Å²) in [5.74, 6) is -1.80. The van der Waals surface area contributed by atoms with Gasteiger partial charge in [-0.2, -0.15) is 0 Å². The lowest BCUT2D eigenvalue weighted by atomic mass is 10.0. The molecule has 0 radical (unpaired) electrons. The maximum absolute atomic E-state index is 12.0. The van der Waals surface area contributed by atoms with Crippen LogP contribution in [0.1, 0.15) is 130 Å². The smallest absolute Gasteiger partial charge is 0.335 e. The third kappa shape index (κ3) is 13.7. The van der Waals surface area contributed by atoms with Crippen molar-refractivity contribution < 1.29 is 19.5 Å². The van der Waals surface area contributed by atoms with Gasteiger partial charge >= 0.3 is 5.97 Å².